The number of hydrogen-bond donors (Lipinski definition) is 7. The van der Waals surface area contributed by atoms with Crippen molar-refractivity contribution in [1.29, 1.82) is 0 Å². The zero-order valence-corrected chi connectivity index (χ0v) is 29.0. The third-order valence-electron chi connectivity index (χ3n) is 9.11. The number of amides is 6. The predicted octanol–water partition coefficient (Wildman–Crippen LogP) is 0.650. The van der Waals surface area contributed by atoms with Gasteiger partial charge in [0.1, 0.15) is 35.6 Å². The molecule has 2 fully saturated rings. The molecule has 0 bridgehead atoms. The van der Waals surface area contributed by atoms with Crippen molar-refractivity contribution in [3.8, 4) is 5.75 Å². The topological polar surface area (TPSA) is 211 Å². The van der Waals surface area contributed by atoms with E-state index in [1.807, 2.05) is 13.8 Å². The van der Waals surface area contributed by atoms with Crippen molar-refractivity contribution in [2.24, 2.45) is 5.92 Å². The van der Waals surface area contributed by atoms with Crippen LogP contribution < -0.4 is 31.3 Å². The second-order valence-corrected chi connectivity index (χ2v) is 13.4. The Morgan fingerprint density at radius 2 is 1.69 bits per heavy atom. The van der Waals surface area contributed by atoms with Crippen LogP contribution in [-0.4, -0.2) is 101 Å². The molecule has 0 spiro atoms. The molecule has 15 heteroatoms. The summed E-state index contributed by atoms with van der Waals surface area (Å²) in [6.07, 6.45) is 0.0194. The lowest BCUT2D eigenvalue weighted by molar-refractivity contribution is -0.143. The number of rotatable bonds is 7. The number of hydrogen-bond acceptors (Lipinski definition) is 8. The third-order valence-corrected chi connectivity index (χ3v) is 9.11. The van der Waals surface area contributed by atoms with E-state index < -0.39 is 78.3 Å². The summed E-state index contributed by atoms with van der Waals surface area (Å²) < 4.78 is 5.27. The fourth-order valence-electron chi connectivity index (χ4n) is 6.46. The second kappa shape index (κ2) is 16.1. The van der Waals surface area contributed by atoms with E-state index in [0.717, 1.165) is 5.39 Å². The highest BCUT2D eigenvalue weighted by molar-refractivity contribution is 5.99. The van der Waals surface area contributed by atoms with E-state index in [-0.39, 0.29) is 37.4 Å². The van der Waals surface area contributed by atoms with E-state index in [1.165, 1.54) is 11.8 Å². The molecule has 2 aromatic carbocycles. The second-order valence-electron chi connectivity index (χ2n) is 13.4. The Morgan fingerprint density at radius 3 is 2.37 bits per heavy atom. The molecule has 0 saturated carbocycles. The van der Waals surface area contributed by atoms with E-state index in [0.29, 0.717) is 16.8 Å². The van der Waals surface area contributed by atoms with Gasteiger partial charge in [-0.2, -0.15) is 0 Å². The molecule has 6 atom stereocenters. The minimum atomic E-state index is -1.46. The van der Waals surface area contributed by atoms with E-state index in [4.69, 9.17) is 4.74 Å². The van der Waals surface area contributed by atoms with Crippen molar-refractivity contribution in [2.75, 3.05) is 20.3 Å². The maximum Gasteiger partial charge on any atom is 0.268 e. The number of ether oxygens (including phenoxy) is 1. The van der Waals surface area contributed by atoms with Gasteiger partial charge in [-0.05, 0) is 55.5 Å². The van der Waals surface area contributed by atoms with E-state index in [2.05, 4.69) is 31.6 Å². The molecule has 51 heavy (non-hydrogen) atoms. The Morgan fingerprint density at radius 1 is 0.941 bits per heavy atom. The quantitative estimate of drug-likeness (QED) is 0.185. The molecule has 15 nitrogen and oxygen atoms in total. The average molecular weight is 704 g/mol. The van der Waals surface area contributed by atoms with Gasteiger partial charge in [-0.3, -0.25) is 28.8 Å². The number of nitrogens with zero attached hydrogens (tertiary/aromatic N) is 1. The number of methoxy groups -OCH3 is 1. The molecule has 2 aliphatic heterocycles. The van der Waals surface area contributed by atoms with Gasteiger partial charge in [0.15, 0.2) is 0 Å². The van der Waals surface area contributed by atoms with E-state index in [1.54, 1.807) is 61.7 Å². The first-order valence-electron chi connectivity index (χ1n) is 17.0. The lowest BCUT2D eigenvalue weighted by Gasteiger charge is -2.30. The SMILES string of the molecule is COc1ccc2[nH]c(C(=O)N[C@H]3C[C@H]4C(=O)N[C@@H](C)C(=O)N[C@H](c5ccccc5)CC(=O)N[C@@H](CC(C)C)C(=O)N[C@@H](CO)C(=O)N4C3)cc2c1. The number of aliphatic hydroxyl groups excluding tert-OH is 1. The number of carbonyl (C=O) groups is 6. The summed E-state index contributed by atoms with van der Waals surface area (Å²) >= 11 is 0. The van der Waals surface area contributed by atoms with E-state index in [9.17, 15) is 33.9 Å². The summed E-state index contributed by atoms with van der Waals surface area (Å²) in [6, 6.07) is 9.60. The number of aromatic nitrogens is 1. The molecule has 7 N–H and O–H groups in total. The molecular weight excluding hydrogens is 658 g/mol. The van der Waals surface area contributed by atoms with Crippen LogP contribution in [0.15, 0.2) is 54.6 Å². The molecule has 1 aromatic heterocycles. The molecule has 272 valence electrons. The fraction of sp³-hybridized carbons (Fsp3) is 0.444. The van der Waals surface area contributed by atoms with Crippen molar-refractivity contribution in [2.45, 2.75) is 76.3 Å². The fourth-order valence-corrected chi connectivity index (χ4v) is 6.46. The van der Waals surface area contributed by atoms with Crippen molar-refractivity contribution in [1.82, 2.24) is 36.5 Å². The largest absolute Gasteiger partial charge is 0.497 e. The average Bonchev–Trinajstić information content (AvgIpc) is 3.73. The number of benzene rings is 2. The van der Waals surface area contributed by atoms with Crippen LogP contribution in [0.25, 0.3) is 10.9 Å². The van der Waals surface area contributed by atoms with Gasteiger partial charge in [-0.25, -0.2) is 0 Å². The number of carbonyl (C=O) groups excluding carboxylic acids is 6. The molecule has 2 aliphatic rings. The van der Waals surface area contributed by atoms with Crippen LogP contribution in [0.2, 0.25) is 0 Å². The molecule has 3 heterocycles. The number of aromatic amines is 1. The highest BCUT2D eigenvalue weighted by Gasteiger charge is 2.43. The van der Waals surface area contributed by atoms with Gasteiger partial charge in [0.2, 0.25) is 29.5 Å². The molecule has 6 amide bonds. The Bertz CT molecular complexity index is 1780. The zero-order chi connectivity index (χ0) is 36.8. The Labute approximate surface area is 295 Å². The van der Waals surface area contributed by atoms with Gasteiger partial charge in [-0.15, -0.1) is 0 Å². The summed E-state index contributed by atoms with van der Waals surface area (Å²) in [5, 5.41) is 24.7. The molecule has 0 aliphatic carbocycles. The summed E-state index contributed by atoms with van der Waals surface area (Å²) in [4.78, 5) is 85.7. The minimum absolute atomic E-state index is 0.00350. The van der Waals surface area contributed by atoms with Gasteiger partial charge in [0.25, 0.3) is 5.91 Å². The Kier molecular flexibility index (Phi) is 11.6. The molecule has 0 radical (unpaired) electrons. The monoisotopic (exact) mass is 703 g/mol. The van der Waals surface area contributed by atoms with Gasteiger partial charge in [0.05, 0.1) is 26.2 Å². The molecule has 2 saturated heterocycles. The predicted molar refractivity (Wildman–Crippen MR) is 186 cm³/mol. The molecule has 0 unspecified atom stereocenters. The molecule has 3 aromatic rings. The smallest absolute Gasteiger partial charge is 0.268 e. The first-order chi connectivity index (χ1) is 24.4. The van der Waals surface area contributed by atoms with Gasteiger partial charge < -0.3 is 46.3 Å². The summed E-state index contributed by atoms with van der Waals surface area (Å²) in [7, 11) is 1.54. The minimum Gasteiger partial charge on any atom is -0.497 e. The Balaban J connectivity index is 1.42. The van der Waals surface area contributed by atoms with Crippen LogP contribution >= 0.6 is 0 Å². The van der Waals surface area contributed by atoms with Crippen LogP contribution in [0.4, 0.5) is 0 Å². The van der Waals surface area contributed by atoms with Crippen LogP contribution in [0.5, 0.6) is 5.75 Å². The van der Waals surface area contributed by atoms with Crippen molar-refractivity contribution < 1.29 is 38.6 Å². The van der Waals surface area contributed by atoms with Crippen LogP contribution in [0.3, 0.4) is 0 Å². The highest BCUT2D eigenvalue weighted by atomic mass is 16.5. The molecular formula is C36H45N7O8. The third kappa shape index (κ3) is 8.84. The number of aliphatic hydroxyl groups is 1. The van der Waals surface area contributed by atoms with Crippen LogP contribution in [0, 0.1) is 5.92 Å². The lowest BCUT2D eigenvalue weighted by Crippen LogP contribution is -2.59. The maximum absolute atomic E-state index is 13.9. The van der Waals surface area contributed by atoms with Crippen LogP contribution in [-0.2, 0) is 24.0 Å². The number of nitrogens with one attached hydrogen (secondary N) is 6. The summed E-state index contributed by atoms with van der Waals surface area (Å²) in [5.41, 5.74) is 1.61. The van der Waals surface area contributed by atoms with E-state index >= 15 is 0 Å². The number of fused-ring (bicyclic) bond motifs is 2. The van der Waals surface area contributed by atoms with Crippen molar-refractivity contribution in [3.63, 3.8) is 0 Å². The van der Waals surface area contributed by atoms with Crippen LogP contribution in [0.1, 0.15) is 62.1 Å². The molecule has 5 rings (SSSR count). The summed E-state index contributed by atoms with van der Waals surface area (Å²) in [5.74, 6) is -3.09. The normalized spacial score (nSPS) is 25.1. The zero-order valence-electron chi connectivity index (χ0n) is 29.0. The van der Waals surface area contributed by atoms with Gasteiger partial charge in [0, 0.05) is 23.5 Å². The maximum atomic E-state index is 13.9. The highest BCUT2D eigenvalue weighted by Crippen LogP contribution is 2.24. The van der Waals surface area contributed by atoms with Gasteiger partial charge in [-0.1, -0.05) is 44.2 Å². The first-order valence-corrected chi connectivity index (χ1v) is 17.0. The summed E-state index contributed by atoms with van der Waals surface area (Å²) in [6.45, 7) is 4.32. The van der Waals surface area contributed by atoms with Gasteiger partial charge >= 0.3 is 0 Å². The number of H-pyrrole nitrogens is 1. The van der Waals surface area contributed by atoms with Crippen molar-refractivity contribution in [3.05, 3.63) is 65.9 Å². The Hall–Kier alpha value is -5.44. The first kappa shape index (κ1) is 36.8. The lowest BCUT2D eigenvalue weighted by atomic mass is 10.00. The van der Waals surface area contributed by atoms with Crippen molar-refractivity contribution >= 4 is 46.3 Å². The standard InChI is InChI=1S/C36H45N7O8/c1-19(2)12-27-34(48)42-29(18-44)36(50)43-17-23(38-33(47)28-14-22-13-24(51-4)10-11-25(22)39-28)15-30(43)35(49)37-20(3)32(46)41-26(16-31(45)40-27)21-8-6-5-7-9-21/h5-11,13-14,19-20,23,26-27,29-30,39,44H,12,15-18H2,1-4H3,(H,37,49)(H,38,47)(H,40,45)(H,41,46)(H,42,48)/t20-,23-,26-,27-,29-,30-/m0/s1.